The summed E-state index contributed by atoms with van der Waals surface area (Å²) in [6.07, 6.45) is 0.344. The molecule has 0 heterocycles. The summed E-state index contributed by atoms with van der Waals surface area (Å²) in [7, 11) is 0. The van der Waals surface area contributed by atoms with Crippen molar-refractivity contribution in [3.63, 3.8) is 0 Å². The molecule has 1 saturated carbocycles. The maximum Gasteiger partial charge on any atom is 0.150 e. The molecule has 0 aromatic rings. The Hall–Kier alpha value is 0.510. The third-order valence-electron chi connectivity index (χ3n) is 0.901. The Labute approximate surface area is 51.6 Å². The molecular formula is C4H4Cl2F. The highest BCUT2D eigenvalue weighted by Gasteiger charge is 2.42. The second-order valence-electron chi connectivity index (χ2n) is 1.73. The van der Waals surface area contributed by atoms with Gasteiger partial charge in [-0.3, -0.25) is 0 Å². The van der Waals surface area contributed by atoms with Gasteiger partial charge in [0, 0.05) is 12.8 Å². The van der Waals surface area contributed by atoms with Crippen molar-refractivity contribution in [3.8, 4) is 0 Å². The van der Waals surface area contributed by atoms with E-state index in [1.165, 1.54) is 0 Å². The van der Waals surface area contributed by atoms with Gasteiger partial charge in [-0.2, -0.15) is 0 Å². The van der Waals surface area contributed by atoms with E-state index in [2.05, 4.69) is 0 Å². The minimum Gasteiger partial charge on any atom is -0.240 e. The van der Waals surface area contributed by atoms with Crippen LogP contribution in [0.25, 0.3) is 0 Å². The van der Waals surface area contributed by atoms with E-state index in [0.717, 1.165) is 0 Å². The highest BCUT2D eigenvalue weighted by atomic mass is 35.5. The van der Waals surface area contributed by atoms with Crippen LogP contribution in [-0.2, 0) is 0 Å². The molecule has 0 aromatic carbocycles. The lowest BCUT2D eigenvalue weighted by atomic mass is 9.96. The average molecular weight is 142 g/mol. The fourth-order valence-electron chi connectivity index (χ4n) is 0.509. The van der Waals surface area contributed by atoms with E-state index in [0.29, 0.717) is 0 Å². The summed E-state index contributed by atoms with van der Waals surface area (Å²) >= 11 is 10.8. The largest absolute Gasteiger partial charge is 0.240 e. The molecule has 0 saturated heterocycles. The van der Waals surface area contributed by atoms with Crippen LogP contribution in [-0.4, -0.2) is 4.33 Å². The predicted molar refractivity (Wildman–Crippen MR) is 28.0 cm³/mol. The van der Waals surface area contributed by atoms with E-state index in [1.54, 1.807) is 0 Å². The Morgan fingerprint density at radius 3 is 1.86 bits per heavy atom. The number of hydrogen-bond donors (Lipinski definition) is 0. The minimum atomic E-state index is -0.774. The Morgan fingerprint density at radius 1 is 1.43 bits per heavy atom. The lowest BCUT2D eigenvalue weighted by molar-refractivity contribution is 0.321. The summed E-state index contributed by atoms with van der Waals surface area (Å²) in [5.74, 6) is 0. The Balaban J connectivity index is 2.29. The molecule has 0 amide bonds. The molecule has 1 rings (SSSR count). The van der Waals surface area contributed by atoms with Crippen LogP contribution in [0.5, 0.6) is 0 Å². The zero-order chi connectivity index (χ0) is 5.49. The Kier molecular flexibility index (Phi) is 1.20. The van der Waals surface area contributed by atoms with Gasteiger partial charge in [0.1, 0.15) is 4.33 Å². The van der Waals surface area contributed by atoms with Crippen LogP contribution >= 0.6 is 23.2 Å². The van der Waals surface area contributed by atoms with Gasteiger partial charge < -0.3 is 0 Å². The first-order chi connectivity index (χ1) is 3.10. The smallest absolute Gasteiger partial charge is 0.150 e. The fourth-order valence-corrected chi connectivity index (χ4v) is 1.09. The van der Waals surface area contributed by atoms with E-state index in [1.807, 2.05) is 0 Å². The first-order valence-corrected chi connectivity index (χ1v) is 2.74. The van der Waals surface area contributed by atoms with Crippen LogP contribution in [0.15, 0.2) is 0 Å². The average Bonchev–Trinajstić information content (AvgIpc) is 1.27. The maximum absolute atomic E-state index is 11.8. The molecule has 1 aliphatic carbocycles. The molecule has 0 aliphatic heterocycles. The minimum absolute atomic E-state index is 0.0926. The lowest BCUT2D eigenvalue weighted by Gasteiger charge is -2.31. The summed E-state index contributed by atoms with van der Waals surface area (Å²) in [4.78, 5) is 0. The molecule has 0 N–H and O–H groups in total. The monoisotopic (exact) mass is 141 g/mol. The van der Waals surface area contributed by atoms with Gasteiger partial charge in [-0.15, -0.1) is 23.2 Å². The van der Waals surface area contributed by atoms with Crippen molar-refractivity contribution >= 4 is 23.2 Å². The molecule has 1 aliphatic rings. The summed E-state index contributed by atoms with van der Waals surface area (Å²) < 4.78 is 11.0. The fraction of sp³-hybridized carbons (Fsp3) is 0.750. The second kappa shape index (κ2) is 1.49. The molecule has 0 aromatic heterocycles. The first kappa shape index (κ1) is 5.64. The number of rotatable bonds is 0. The third-order valence-corrected chi connectivity index (χ3v) is 1.44. The quantitative estimate of drug-likeness (QED) is 0.455. The molecule has 0 nitrogen and oxygen atoms in total. The van der Waals surface area contributed by atoms with Gasteiger partial charge in [0.2, 0.25) is 0 Å². The van der Waals surface area contributed by atoms with E-state index in [4.69, 9.17) is 23.2 Å². The van der Waals surface area contributed by atoms with E-state index < -0.39 is 4.33 Å². The summed E-state index contributed by atoms with van der Waals surface area (Å²) in [5.41, 5.74) is 0. The molecule has 1 radical (unpaired) electrons. The zero-order valence-electron chi connectivity index (χ0n) is 3.55. The zero-order valence-corrected chi connectivity index (χ0v) is 5.06. The topological polar surface area (TPSA) is 0 Å². The van der Waals surface area contributed by atoms with Gasteiger partial charge in [0.05, 0.1) is 0 Å². The van der Waals surface area contributed by atoms with Crippen LogP contribution < -0.4 is 0 Å². The Bertz CT molecular complexity index is 73.8. The van der Waals surface area contributed by atoms with Crippen LogP contribution in [0.2, 0.25) is 0 Å². The van der Waals surface area contributed by atoms with Crippen molar-refractivity contribution in [1.29, 1.82) is 0 Å². The highest BCUT2D eigenvalue weighted by Crippen LogP contribution is 2.48. The van der Waals surface area contributed by atoms with Gasteiger partial charge >= 0.3 is 0 Å². The number of halogens is 3. The summed E-state index contributed by atoms with van der Waals surface area (Å²) in [5, 5.41) is 0. The molecule has 0 bridgehead atoms. The molecule has 0 atom stereocenters. The van der Waals surface area contributed by atoms with Crippen molar-refractivity contribution in [2.45, 2.75) is 17.2 Å². The molecular weight excluding hydrogens is 138 g/mol. The van der Waals surface area contributed by atoms with Crippen molar-refractivity contribution in [3.05, 3.63) is 6.17 Å². The molecule has 3 heteroatoms. The van der Waals surface area contributed by atoms with Gasteiger partial charge in [-0.25, -0.2) is 4.39 Å². The summed E-state index contributed by atoms with van der Waals surface area (Å²) in [6.45, 7) is 0. The van der Waals surface area contributed by atoms with Crippen molar-refractivity contribution in [1.82, 2.24) is 0 Å². The van der Waals surface area contributed by atoms with Crippen molar-refractivity contribution in [2.24, 2.45) is 0 Å². The molecule has 0 unspecified atom stereocenters. The maximum atomic E-state index is 11.8. The van der Waals surface area contributed by atoms with Gasteiger partial charge in [-0.05, 0) is 0 Å². The normalized spacial score (nSPS) is 29.6. The van der Waals surface area contributed by atoms with Gasteiger partial charge in [-0.1, -0.05) is 0 Å². The third kappa shape index (κ3) is 1.20. The van der Waals surface area contributed by atoms with E-state index in [-0.39, 0.29) is 19.0 Å². The van der Waals surface area contributed by atoms with Crippen LogP contribution in [0.1, 0.15) is 12.8 Å². The molecule has 1 fully saturated rings. The number of alkyl halides is 2. The van der Waals surface area contributed by atoms with Gasteiger partial charge in [0.15, 0.2) is 6.17 Å². The Morgan fingerprint density at radius 2 is 1.86 bits per heavy atom. The molecule has 7 heavy (non-hydrogen) atoms. The summed E-state index contributed by atoms with van der Waals surface area (Å²) in [6, 6.07) is 0. The highest BCUT2D eigenvalue weighted by molar-refractivity contribution is 6.49. The van der Waals surface area contributed by atoms with Crippen LogP contribution in [0, 0.1) is 6.17 Å². The van der Waals surface area contributed by atoms with Crippen LogP contribution in [0.4, 0.5) is 4.39 Å². The molecule has 41 valence electrons. The second-order valence-corrected chi connectivity index (χ2v) is 3.37. The predicted octanol–water partition coefficient (Wildman–Crippen LogP) is 2.46. The van der Waals surface area contributed by atoms with Crippen molar-refractivity contribution < 1.29 is 4.39 Å². The van der Waals surface area contributed by atoms with E-state index >= 15 is 0 Å². The standard InChI is InChI=1S/C4H4Cl2F/c5-4(6)1-3(7)2-4/h1-2H2. The first-order valence-electron chi connectivity index (χ1n) is 1.98. The molecule has 0 spiro atoms. The van der Waals surface area contributed by atoms with Gasteiger partial charge in [0.25, 0.3) is 0 Å². The van der Waals surface area contributed by atoms with Crippen LogP contribution in [0.3, 0.4) is 0 Å². The van der Waals surface area contributed by atoms with E-state index in [9.17, 15) is 4.39 Å². The van der Waals surface area contributed by atoms with Crippen molar-refractivity contribution in [2.75, 3.05) is 0 Å². The number of hydrogen-bond acceptors (Lipinski definition) is 0. The SMILES string of the molecule is F[C]1CC(Cl)(Cl)C1. The lowest BCUT2D eigenvalue weighted by Crippen LogP contribution is -2.28.